The minimum absolute atomic E-state index is 0.0149. The van der Waals surface area contributed by atoms with E-state index in [-0.39, 0.29) is 13.0 Å². The molecule has 2 bridgehead atoms. The highest BCUT2D eigenvalue weighted by atomic mass is 16.5. The van der Waals surface area contributed by atoms with Crippen LogP contribution in [-0.2, 0) is 16.0 Å². The SMILES string of the molecule is NC1COCCCCCCCCCCOc2ccnc(c2)CC1(O)C(=O)O. The van der Waals surface area contributed by atoms with Gasteiger partial charge in [0, 0.05) is 31.0 Å². The number of nitrogens with two attached hydrogens (primary N) is 1. The number of carboxylic acid groups (broad SMARTS) is 1. The minimum Gasteiger partial charge on any atom is -0.493 e. The molecule has 0 fully saturated rings. The number of aromatic nitrogens is 1. The van der Waals surface area contributed by atoms with Crippen molar-refractivity contribution in [1.82, 2.24) is 4.98 Å². The fourth-order valence-electron chi connectivity index (χ4n) is 3.19. The summed E-state index contributed by atoms with van der Waals surface area (Å²) in [6.07, 6.45) is 10.3. The van der Waals surface area contributed by atoms with Crippen LogP contribution >= 0.6 is 0 Å². The Balaban J connectivity index is 2.08. The van der Waals surface area contributed by atoms with Crippen LogP contribution in [0.15, 0.2) is 18.3 Å². The molecule has 1 aromatic rings. The molecule has 7 nitrogen and oxygen atoms in total. The molecule has 2 rings (SSSR count). The Morgan fingerprint density at radius 1 is 1.11 bits per heavy atom. The van der Waals surface area contributed by atoms with Gasteiger partial charge in [0.1, 0.15) is 5.75 Å². The van der Waals surface area contributed by atoms with Crippen LogP contribution < -0.4 is 10.5 Å². The number of aliphatic carboxylic acids is 1. The van der Waals surface area contributed by atoms with E-state index in [1.165, 1.54) is 25.7 Å². The van der Waals surface area contributed by atoms with E-state index in [2.05, 4.69) is 4.98 Å². The molecule has 0 aliphatic carbocycles. The number of rotatable bonds is 1. The normalized spacial score (nSPS) is 26.8. The zero-order valence-electron chi connectivity index (χ0n) is 15.9. The molecule has 2 atom stereocenters. The standard InChI is InChI=1S/C20H32N2O5/c21-18-15-26-11-7-5-3-1-2-4-6-8-12-27-17-9-10-22-16(13-17)14-20(18,25)19(23)24/h9-10,13,18,25H,1-8,11-12,14-15,21H2,(H,23,24). The Hall–Kier alpha value is -1.70. The van der Waals surface area contributed by atoms with Gasteiger partial charge in [-0.3, -0.25) is 4.98 Å². The van der Waals surface area contributed by atoms with E-state index in [4.69, 9.17) is 15.2 Å². The van der Waals surface area contributed by atoms with Crippen LogP contribution in [0.1, 0.15) is 57.1 Å². The Kier molecular flexibility index (Phi) is 8.97. The average Bonchev–Trinajstić information content (AvgIpc) is 2.64. The van der Waals surface area contributed by atoms with Gasteiger partial charge in [0.15, 0.2) is 5.60 Å². The molecular formula is C20H32N2O5. The molecule has 1 aromatic heterocycles. The van der Waals surface area contributed by atoms with Crippen LogP contribution in [0.25, 0.3) is 0 Å². The molecule has 0 aromatic carbocycles. The largest absolute Gasteiger partial charge is 0.493 e. The molecule has 7 heteroatoms. The van der Waals surface area contributed by atoms with E-state index in [0.29, 0.717) is 24.7 Å². The first-order chi connectivity index (χ1) is 13.0. The average molecular weight is 380 g/mol. The van der Waals surface area contributed by atoms with Crippen LogP contribution in [0.2, 0.25) is 0 Å². The third-order valence-corrected chi connectivity index (χ3v) is 4.97. The van der Waals surface area contributed by atoms with Gasteiger partial charge >= 0.3 is 5.97 Å². The predicted octanol–water partition coefficient (Wildman–Crippen LogP) is 2.30. The minimum atomic E-state index is -2.14. The topological polar surface area (TPSA) is 115 Å². The lowest BCUT2D eigenvalue weighted by molar-refractivity contribution is -0.162. The second kappa shape index (κ2) is 11.2. The van der Waals surface area contributed by atoms with Gasteiger partial charge in [-0.15, -0.1) is 0 Å². The van der Waals surface area contributed by atoms with Crippen molar-refractivity contribution in [3.8, 4) is 5.75 Å². The number of hydrogen-bond donors (Lipinski definition) is 3. The smallest absolute Gasteiger partial charge is 0.337 e. The van der Waals surface area contributed by atoms with Crippen molar-refractivity contribution < 1.29 is 24.5 Å². The lowest BCUT2D eigenvalue weighted by atomic mass is 9.89. The van der Waals surface area contributed by atoms with Gasteiger partial charge in [0.05, 0.1) is 19.3 Å². The number of carboxylic acids is 1. The molecule has 27 heavy (non-hydrogen) atoms. The maximum Gasteiger partial charge on any atom is 0.337 e. The van der Waals surface area contributed by atoms with E-state index in [9.17, 15) is 15.0 Å². The van der Waals surface area contributed by atoms with E-state index in [0.717, 1.165) is 25.7 Å². The van der Waals surface area contributed by atoms with Crippen LogP contribution in [0.5, 0.6) is 5.75 Å². The summed E-state index contributed by atoms with van der Waals surface area (Å²) in [7, 11) is 0. The van der Waals surface area contributed by atoms with Crippen molar-refractivity contribution in [1.29, 1.82) is 0 Å². The van der Waals surface area contributed by atoms with Gasteiger partial charge < -0.3 is 25.4 Å². The lowest BCUT2D eigenvalue weighted by Crippen LogP contribution is -2.57. The van der Waals surface area contributed by atoms with Crippen LogP contribution in [0.3, 0.4) is 0 Å². The summed E-state index contributed by atoms with van der Waals surface area (Å²) in [5.74, 6) is -0.756. The molecular weight excluding hydrogens is 348 g/mol. The quantitative estimate of drug-likeness (QED) is 0.685. The van der Waals surface area contributed by atoms with E-state index < -0.39 is 17.6 Å². The summed E-state index contributed by atoms with van der Waals surface area (Å²) in [5, 5.41) is 20.2. The first-order valence-electron chi connectivity index (χ1n) is 9.89. The molecule has 0 radical (unpaired) electrons. The van der Waals surface area contributed by atoms with Gasteiger partial charge in [-0.1, -0.05) is 38.5 Å². The highest BCUT2D eigenvalue weighted by Crippen LogP contribution is 2.20. The Morgan fingerprint density at radius 2 is 1.74 bits per heavy atom. The van der Waals surface area contributed by atoms with Gasteiger partial charge in [0.25, 0.3) is 0 Å². The maximum absolute atomic E-state index is 11.7. The number of hydrogen-bond acceptors (Lipinski definition) is 6. The van der Waals surface area contributed by atoms with E-state index in [1.807, 2.05) is 0 Å². The van der Waals surface area contributed by atoms with Gasteiger partial charge in [0.2, 0.25) is 0 Å². The molecule has 152 valence electrons. The van der Waals surface area contributed by atoms with Crippen molar-refractivity contribution in [2.75, 3.05) is 19.8 Å². The van der Waals surface area contributed by atoms with Crippen LogP contribution in [0, 0.1) is 0 Å². The van der Waals surface area contributed by atoms with Crippen LogP contribution in [-0.4, -0.2) is 52.6 Å². The van der Waals surface area contributed by atoms with E-state index >= 15 is 0 Å². The summed E-state index contributed by atoms with van der Waals surface area (Å²) in [6.45, 7) is 1.12. The molecule has 1 aliphatic heterocycles. The number of carbonyl (C=O) groups is 1. The molecule has 0 amide bonds. The molecule has 0 saturated carbocycles. The van der Waals surface area contributed by atoms with Gasteiger partial charge in [-0.05, 0) is 18.9 Å². The first kappa shape index (κ1) is 21.6. The third kappa shape index (κ3) is 7.08. The predicted molar refractivity (Wildman–Crippen MR) is 102 cm³/mol. The molecule has 4 N–H and O–H groups in total. The number of ether oxygens (including phenoxy) is 2. The zero-order chi connectivity index (χ0) is 19.5. The maximum atomic E-state index is 11.7. The molecule has 2 unspecified atom stereocenters. The third-order valence-electron chi connectivity index (χ3n) is 4.97. The van der Waals surface area contributed by atoms with E-state index in [1.54, 1.807) is 18.3 Å². The monoisotopic (exact) mass is 380 g/mol. The Bertz CT molecular complexity index is 583. The molecule has 1 aliphatic rings. The number of aliphatic hydroxyl groups is 1. The molecule has 0 saturated heterocycles. The first-order valence-corrected chi connectivity index (χ1v) is 9.89. The Morgan fingerprint density at radius 3 is 2.41 bits per heavy atom. The second-order valence-corrected chi connectivity index (χ2v) is 7.25. The highest BCUT2D eigenvalue weighted by molar-refractivity contribution is 5.78. The van der Waals surface area contributed by atoms with Crippen molar-refractivity contribution in [3.05, 3.63) is 24.0 Å². The van der Waals surface area contributed by atoms with Gasteiger partial charge in [-0.2, -0.15) is 0 Å². The zero-order valence-corrected chi connectivity index (χ0v) is 15.9. The lowest BCUT2D eigenvalue weighted by Gasteiger charge is -2.29. The Labute approximate surface area is 160 Å². The van der Waals surface area contributed by atoms with Crippen molar-refractivity contribution >= 4 is 5.97 Å². The van der Waals surface area contributed by atoms with Crippen molar-refractivity contribution in [3.63, 3.8) is 0 Å². The summed E-state index contributed by atoms with van der Waals surface area (Å²) in [4.78, 5) is 15.9. The number of pyridine rings is 1. The number of nitrogens with zero attached hydrogens (tertiary/aromatic N) is 1. The summed E-state index contributed by atoms with van der Waals surface area (Å²) in [5.41, 5.74) is 4.25. The van der Waals surface area contributed by atoms with Gasteiger partial charge in [-0.25, -0.2) is 4.79 Å². The van der Waals surface area contributed by atoms with Crippen LogP contribution in [0.4, 0.5) is 0 Å². The summed E-state index contributed by atoms with van der Waals surface area (Å²) < 4.78 is 11.3. The van der Waals surface area contributed by atoms with Crippen molar-refractivity contribution in [2.24, 2.45) is 5.73 Å². The fourth-order valence-corrected chi connectivity index (χ4v) is 3.19. The summed E-state index contributed by atoms with van der Waals surface area (Å²) in [6, 6.07) is 2.34. The molecule has 0 spiro atoms. The second-order valence-electron chi connectivity index (χ2n) is 7.25. The fraction of sp³-hybridized carbons (Fsp3) is 0.700. The molecule has 2 heterocycles. The number of fused-ring (bicyclic) bond motifs is 2. The van der Waals surface area contributed by atoms with Crippen molar-refractivity contribution in [2.45, 2.75) is 69.4 Å². The highest BCUT2D eigenvalue weighted by Gasteiger charge is 2.43. The summed E-state index contributed by atoms with van der Waals surface area (Å²) >= 11 is 0.